The third-order valence-electron chi connectivity index (χ3n) is 7.05. The lowest BCUT2D eigenvalue weighted by Gasteiger charge is -2.22. The summed E-state index contributed by atoms with van der Waals surface area (Å²) in [7, 11) is 0. The minimum atomic E-state index is -0.673. The zero-order valence-electron chi connectivity index (χ0n) is 21.6. The standard InChI is InChI=1S/C32H44O3/c1-2-3-4-11-20-28(21-12-9-7-5-6-8-10-13-24-31(33)34)35-32-29-22-16-14-18-26(29)25-27-19-15-17-23-30(27)32/h14-19,22-23,25,28H,2-13,20-21,24H2,1H3,(H,33,34). The number of benzene rings is 3. The molecule has 0 aliphatic carbocycles. The Morgan fingerprint density at radius 2 is 1.20 bits per heavy atom. The molecule has 0 aromatic heterocycles. The highest BCUT2D eigenvalue weighted by atomic mass is 16.5. The monoisotopic (exact) mass is 476 g/mol. The van der Waals surface area contributed by atoms with Crippen molar-refractivity contribution in [3.63, 3.8) is 0 Å². The van der Waals surface area contributed by atoms with Gasteiger partial charge in [0.2, 0.25) is 0 Å². The van der Waals surface area contributed by atoms with Gasteiger partial charge in [0.25, 0.3) is 0 Å². The molecule has 3 rings (SSSR count). The predicted molar refractivity (Wildman–Crippen MR) is 148 cm³/mol. The van der Waals surface area contributed by atoms with Gasteiger partial charge >= 0.3 is 5.97 Å². The van der Waals surface area contributed by atoms with E-state index >= 15 is 0 Å². The van der Waals surface area contributed by atoms with Crippen LogP contribution in [0.2, 0.25) is 0 Å². The average Bonchev–Trinajstić information content (AvgIpc) is 2.87. The molecule has 0 fully saturated rings. The molecule has 0 heterocycles. The largest absolute Gasteiger partial charge is 0.489 e. The van der Waals surface area contributed by atoms with Crippen molar-refractivity contribution in [2.24, 2.45) is 0 Å². The van der Waals surface area contributed by atoms with Crippen LogP contribution < -0.4 is 4.74 Å². The highest BCUT2D eigenvalue weighted by Gasteiger charge is 2.15. The molecule has 0 aliphatic heterocycles. The van der Waals surface area contributed by atoms with Gasteiger partial charge in [-0.1, -0.05) is 113 Å². The van der Waals surface area contributed by atoms with Crippen molar-refractivity contribution in [3.8, 4) is 5.75 Å². The zero-order chi connectivity index (χ0) is 24.7. The van der Waals surface area contributed by atoms with Crippen molar-refractivity contribution < 1.29 is 14.6 Å². The van der Waals surface area contributed by atoms with Crippen LogP contribution in [-0.2, 0) is 4.79 Å². The van der Waals surface area contributed by atoms with E-state index in [4.69, 9.17) is 9.84 Å². The Hall–Kier alpha value is -2.55. The second-order valence-electron chi connectivity index (χ2n) is 10.00. The molecule has 35 heavy (non-hydrogen) atoms. The summed E-state index contributed by atoms with van der Waals surface area (Å²) >= 11 is 0. The van der Waals surface area contributed by atoms with Crippen molar-refractivity contribution >= 4 is 27.5 Å². The molecule has 3 nitrogen and oxygen atoms in total. The lowest BCUT2D eigenvalue weighted by atomic mass is 10.00. The minimum Gasteiger partial charge on any atom is -0.489 e. The first kappa shape index (κ1) is 27.0. The Morgan fingerprint density at radius 1 is 0.714 bits per heavy atom. The maximum atomic E-state index is 10.6. The van der Waals surface area contributed by atoms with Crippen molar-refractivity contribution in [2.45, 2.75) is 109 Å². The lowest BCUT2D eigenvalue weighted by Crippen LogP contribution is -2.17. The Labute approximate surface area is 211 Å². The number of carbonyl (C=O) groups is 1. The van der Waals surface area contributed by atoms with Crippen LogP contribution in [-0.4, -0.2) is 17.2 Å². The second-order valence-corrected chi connectivity index (χ2v) is 10.00. The summed E-state index contributed by atoms with van der Waals surface area (Å²) in [6.07, 6.45) is 17.1. The number of rotatable bonds is 18. The molecule has 0 saturated heterocycles. The van der Waals surface area contributed by atoms with Crippen LogP contribution in [0.1, 0.15) is 103 Å². The molecule has 0 saturated carbocycles. The Morgan fingerprint density at radius 3 is 1.74 bits per heavy atom. The third kappa shape index (κ3) is 9.20. The number of ether oxygens (including phenoxy) is 1. The number of carboxylic acid groups (broad SMARTS) is 1. The van der Waals surface area contributed by atoms with E-state index in [9.17, 15) is 4.79 Å². The van der Waals surface area contributed by atoms with Gasteiger partial charge < -0.3 is 9.84 Å². The molecule has 0 spiro atoms. The van der Waals surface area contributed by atoms with Gasteiger partial charge in [0, 0.05) is 17.2 Å². The number of aliphatic carboxylic acids is 1. The Bertz CT molecular complexity index is 972. The van der Waals surface area contributed by atoms with Crippen LogP contribution >= 0.6 is 0 Å². The first-order chi connectivity index (χ1) is 17.2. The summed E-state index contributed by atoms with van der Waals surface area (Å²) in [6.45, 7) is 2.27. The maximum Gasteiger partial charge on any atom is 0.303 e. The molecule has 3 heteroatoms. The van der Waals surface area contributed by atoms with Crippen LogP contribution in [0.3, 0.4) is 0 Å². The molecule has 3 aromatic carbocycles. The summed E-state index contributed by atoms with van der Waals surface area (Å²) < 4.78 is 6.86. The Kier molecular flexibility index (Phi) is 11.9. The van der Waals surface area contributed by atoms with E-state index in [-0.39, 0.29) is 6.10 Å². The normalized spacial score (nSPS) is 12.3. The summed E-state index contributed by atoms with van der Waals surface area (Å²) in [5, 5.41) is 13.6. The molecule has 190 valence electrons. The first-order valence-electron chi connectivity index (χ1n) is 14.0. The van der Waals surface area contributed by atoms with E-state index in [0.717, 1.165) is 37.9 Å². The second kappa shape index (κ2) is 15.4. The molecule has 0 bridgehead atoms. The number of unbranched alkanes of at least 4 members (excludes halogenated alkanes) is 10. The molecule has 1 N–H and O–H groups in total. The van der Waals surface area contributed by atoms with E-state index in [1.54, 1.807) is 0 Å². The van der Waals surface area contributed by atoms with E-state index in [1.165, 1.54) is 79.3 Å². The molecule has 1 unspecified atom stereocenters. The van der Waals surface area contributed by atoms with Crippen LogP contribution in [0.25, 0.3) is 21.5 Å². The van der Waals surface area contributed by atoms with Crippen molar-refractivity contribution in [1.29, 1.82) is 0 Å². The molecule has 0 radical (unpaired) electrons. The van der Waals surface area contributed by atoms with Crippen molar-refractivity contribution in [2.75, 3.05) is 0 Å². The van der Waals surface area contributed by atoms with E-state index in [2.05, 4.69) is 61.5 Å². The number of fused-ring (bicyclic) bond motifs is 2. The topological polar surface area (TPSA) is 46.5 Å². The number of hydrogen-bond acceptors (Lipinski definition) is 2. The summed E-state index contributed by atoms with van der Waals surface area (Å²) in [5.41, 5.74) is 0. The molecule has 0 aliphatic rings. The molecule has 3 aromatic rings. The molecule has 0 amide bonds. The summed E-state index contributed by atoms with van der Waals surface area (Å²) in [4.78, 5) is 10.6. The van der Waals surface area contributed by atoms with Crippen LogP contribution in [0.15, 0.2) is 54.6 Å². The van der Waals surface area contributed by atoms with Gasteiger partial charge in [0.15, 0.2) is 0 Å². The molecular formula is C32H44O3. The smallest absolute Gasteiger partial charge is 0.303 e. The van der Waals surface area contributed by atoms with Crippen LogP contribution in [0.5, 0.6) is 5.75 Å². The summed E-state index contributed by atoms with van der Waals surface area (Å²) in [5.74, 6) is 0.383. The number of hydrogen-bond donors (Lipinski definition) is 1. The van der Waals surface area contributed by atoms with Crippen LogP contribution in [0, 0.1) is 0 Å². The number of carboxylic acids is 1. The van der Waals surface area contributed by atoms with Gasteiger partial charge in [0.05, 0.1) is 6.10 Å². The Balaban J connectivity index is 1.55. The van der Waals surface area contributed by atoms with Crippen LogP contribution in [0.4, 0.5) is 0 Å². The molecule has 1 atom stereocenters. The summed E-state index contributed by atoms with van der Waals surface area (Å²) in [6, 6.07) is 19.5. The van der Waals surface area contributed by atoms with E-state index in [1.807, 2.05) is 0 Å². The highest BCUT2D eigenvalue weighted by molar-refractivity contribution is 6.05. The maximum absolute atomic E-state index is 10.6. The van der Waals surface area contributed by atoms with Gasteiger partial charge in [-0.05, 0) is 48.9 Å². The fourth-order valence-corrected chi connectivity index (χ4v) is 5.04. The molecular weight excluding hydrogens is 432 g/mol. The lowest BCUT2D eigenvalue weighted by molar-refractivity contribution is -0.137. The SMILES string of the molecule is CCCCCCC(CCCCCCCCCCC(=O)O)Oc1c2ccccc2cc2ccccc12. The van der Waals surface area contributed by atoms with Gasteiger partial charge in [0.1, 0.15) is 5.75 Å². The van der Waals surface area contributed by atoms with Gasteiger partial charge in [-0.15, -0.1) is 0 Å². The average molecular weight is 477 g/mol. The van der Waals surface area contributed by atoms with Crippen molar-refractivity contribution in [1.82, 2.24) is 0 Å². The fraction of sp³-hybridized carbons (Fsp3) is 0.531. The van der Waals surface area contributed by atoms with E-state index in [0.29, 0.717) is 6.42 Å². The van der Waals surface area contributed by atoms with E-state index < -0.39 is 5.97 Å². The first-order valence-corrected chi connectivity index (χ1v) is 14.0. The minimum absolute atomic E-state index is 0.261. The van der Waals surface area contributed by atoms with Gasteiger partial charge in [-0.3, -0.25) is 4.79 Å². The third-order valence-corrected chi connectivity index (χ3v) is 7.05. The predicted octanol–water partition coefficient (Wildman–Crippen LogP) is 9.70. The highest BCUT2D eigenvalue weighted by Crippen LogP contribution is 2.36. The quantitative estimate of drug-likeness (QED) is 0.147. The van der Waals surface area contributed by atoms with Gasteiger partial charge in [-0.25, -0.2) is 0 Å². The van der Waals surface area contributed by atoms with Crippen molar-refractivity contribution in [3.05, 3.63) is 54.6 Å². The fourth-order valence-electron chi connectivity index (χ4n) is 5.04. The van der Waals surface area contributed by atoms with Gasteiger partial charge in [-0.2, -0.15) is 0 Å². The zero-order valence-corrected chi connectivity index (χ0v) is 21.6.